The van der Waals surface area contributed by atoms with Gasteiger partial charge in [-0.05, 0) is 44.0 Å². The normalized spacial score (nSPS) is 19.0. The van der Waals surface area contributed by atoms with E-state index in [1.807, 2.05) is 36.2 Å². The van der Waals surface area contributed by atoms with Crippen LogP contribution in [0, 0.1) is 17.1 Å². The van der Waals surface area contributed by atoms with Gasteiger partial charge in [0.1, 0.15) is 23.9 Å². The number of fused-ring (bicyclic) bond motifs is 2. The summed E-state index contributed by atoms with van der Waals surface area (Å²) in [5, 5.41) is 11.8. The van der Waals surface area contributed by atoms with Gasteiger partial charge in [0.15, 0.2) is 11.5 Å². The molecule has 4 heterocycles. The molecule has 2 aliphatic rings. The maximum Gasteiger partial charge on any atom is 0.320 e. The van der Waals surface area contributed by atoms with Crippen molar-refractivity contribution in [3.63, 3.8) is 0 Å². The van der Waals surface area contributed by atoms with Crippen molar-refractivity contribution in [2.75, 3.05) is 44.7 Å². The highest BCUT2D eigenvalue weighted by Gasteiger charge is 2.34. The molecule has 0 saturated carbocycles. The number of halogens is 3. The van der Waals surface area contributed by atoms with Crippen molar-refractivity contribution >= 4 is 45.1 Å². The summed E-state index contributed by atoms with van der Waals surface area (Å²) in [5.74, 6) is -2.18. The fourth-order valence-electron chi connectivity index (χ4n) is 6.09. The lowest BCUT2D eigenvalue weighted by Gasteiger charge is -2.41. The van der Waals surface area contributed by atoms with Crippen molar-refractivity contribution < 1.29 is 18.3 Å². The predicted octanol–water partition coefficient (Wildman–Crippen LogP) is 5.52. The summed E-state index contributed by atoms with van der Waals surface area (Å²) in [7, 11) is 2.04. The van der Waals surface area contributed by atoms with Crippen molar-refractivity contribution in [1.29, 1.82) is 5.26 Å². The summed E-state index contributed by atoms with van der Waals surface area (Å²) in [5.41, 5.74) is 0.828. The lowest BCUT2D eigenvalue weighted by Crippen LogP contribution is -2.55. The Morgan fingerprint density at radius 2 is 1.95 bits per heavy atom. The molecule has 2 saturated heterocycles. The van der Waals surface area contributed by atoms with Gasteiger partial charge in [-0.15, -0.1) is 0 Å². The largest absolute Gasteiger partial charge is 0.462 e. The van der Waals surface area contributed by atoms with Gasteiger partial charge in [-0.2, -0.15) is 15.2 Å². The van der Waals surface area contributed by atoms with Gasteiger partial charge in [0.2, 0.25) is 0 Å². The molecular formula is C32H30ClF2N7O2. The van der Waals surface area contributed by atoms with Crippen LogP contribution in [0.4, 0.5) is 14.6 Å². The van der Waals surface area contributed by atoms with Gasteiger partial charge in [-0.1, -0.05) is 48.5 Å². The number of piperazine rings is 1. The predicted molar refractivity (Wildman–Crippen MR) is 165 cm³/mol. The number of carbonyl (C=O) groups excluding carboxylic acids is 1. The third-order valence-corrected chi connectivity index (χ3v) is 8.70. The molecular weight excluding hydrogens is 588 g/mol. The monoisotopic (exact) mass is 617 g/mol. The summed E-state index contributed by atoms with van der Waals surface area (Å²) in [6.45, 7) is 5.00. The number of nitriles is 1. The molecule has 4 aromatic rings. The quantitative estimate of drug-likeness (QED) is 0.250. The molecule has 0 spiro atoms. The van der Waals surface area contributed by atoms with Gasteiger partial charge >= 0.3 is 6.01 Å². The fraction of sp³-hybridized carbons (Fsp3) is 0.344. The topological polar surface area (TPSA) is 98.5 Å². The van der Waals surface area contributed by atoms with E-state index in [4.69, 9.17) is 16.3 Å². The molecule has 2 unspecified atom stereocenters. The number of hydrogen-bond donors (Lipinski definition) is 0. The average molecular weight is 618 g/mol. The van der Waals surface area contributed by atoms with Gasteiger partial charge in [0.05, 0.1) is 23.9 Å². The van der Waals surface area contributed by atoms with E-state index in [2.05, 4.69) is 32.5 Å². The highest BCUT2D eigenvalue weighted by molar-refractivity contribution is 6.36. The molecule has 9 nitrogen and oxygen atoms in total. The zero-order valence-electron chi connectivity index (χ0n) is 24.1. The summed E-state index contributed by atoms with van der Waals surface area (Å²) in [4.78, 5) is 31.8. The van der Waals surface area contributed by atoms with E-state index in [1.54, 1.807) is 12.1 Å². The molecule has 0 bridgehead atoms. The van der Waals surface area contributed by atoms with E-state index in [-0.39, 0.29) is 49.4 Å². The Kier molecular flexibility index (Phi) is 8.29. The van der Waals surface area contributed by atoms with Crippen LogP contribution in [0.25, 0.3) is 33.1 Å². The molecule has 0 N–H and O–H groups in total. The van der Waals surface area contributed by atoms with Gasteiger partial charge in [0, 0.05) is 41.6 Å². The van der Waals surface area contributed by atoms with E-state index in [9.17, 15) is 14.4 Å². The summed E-state index contributed by atoms with van der Waals surface area (Å²) in [6.07, 6.45) is 2.02. The maximum absolute atomic E-state index is 16.0. The minimum Gasteiger partial charge on any atom is -0.462 e. The first-order valence-corrected chi connectivity index (χ1v) is 14.8. The molecule has 44 heavy (non-hydrogen) atoms. The van der Waals surface area contributed by atoms with Crippen molar-refractivity contribution in [3.8, 4) is 23.3 Å². The standard InChI is InChI=1S/C32H30ClF2N7O2/c1-19(34)31(43)42-15-14-41(17-21(42)11-12-36)30-24-16-26(35)28(23-9-3-6-20-7-4-10-25(33)27(20)23)37-29(24)38-32(39-30)44-18-22-8-5-13-40(22)2/h3-4,6-7,9-10,16,21-22H,1,5,8,11,13-15,17-18H2,2H3. The first kappa shape index (κ1) is 29.7. The van der Waals surface area contributed by atoms with E-state index in [1.165, 1.54) is 11.0 Å². The average Bonchev–Trinajstić information content (AvgIpc) is 3.43. The van der Waals surface area contributed by atoms with Crippen LogP contribution in [0.1, 0.15) is 19.3 Å². The lowest BCUT2D eigenvalue weighted by molar-refractivity contribution is -0.131. The second-order valence-corrected chi connectivity index (χ2v) is 11.5. The smallest absolute Gasteiger partial charge is 0.320 e. The van der Waals surface area contributed by atoms with Crippen LogP contribution in [0.15, 0.2) is 54.9 Å². The fourth-order valence-corrected chi connectivity index (χ4v) is 6.38. The Morgan fingerprint density at radius 3 is 2.68 bits per heavy atom. The first-order valence-electron chi connectivity index (χ1n) is 14.4. The third-order valence-electron chi connectivity index (χ3n) is 8.39. The zero-order valence-corrected chi connectivity index (χ0v) is 24.9. The second-order valence-electron chi connectivity index (χ2n) is 11.1. The Bertz CT molecular complexity index is 1810. The number of anilines is 1. The number of ether oxygens (including phenoxy) is 1. The van der Waals surface area contributed by atoms with Crippen LogP contribution in [0.2, 0.25) is 5.02 Å². The Morgan fingerprint density at radius 1 is 1.16 bits per heavy atom. The van der Waals surface area contributed by atoms with Crippen molar-refractivity contribution in [3.05, 3.63) is 65.7 Å². The van der Waals surface area contributed by atoms with Gasteiger partial charge in [-0.3, -0.25) is 4.79 Å². The van der Waals surface area contributed by atoms with Crippen molar-refractivity contribution in [1.82, 2.24) is 24.8 Å². The molecule has 2 aliphatic heterocycles. The number of likely N-dealkylation sites (tertiary alicyclic amines) is 1. The van der Waals surface area contributed by atoms with E-state index >= 15 is 4.39 Å². The van der Waals surface area contributed by atoms with E-state index < -0.39 is 23.6 Å². The number of hydrogen-bond acceptors (Lipinski definition) is 8. The number of likely N-dealkylation sites (N-methyl/N-ethyl adjacent to an activating group) is 1. The molecule has 226 valence electrons. The number of pyridine rings is 1. The van der Waals surface area contributed by atoms with Crippen LogP contribution in [-0.4, -0.2) is 82.6 Å². The van der Waals surface area contributed by atoms with E-state index in [0.29, 0.717) is 33.8 Å². The molecule has 1 amide bonds. The first-order chi connectivity index (χ1) is 21.2. The highest BCUT2D eigenvalue weighted by atomic mass is 35.5. The molecule has 12 heteroatoms. The van der Waals surface area contributed by atoms with Crippen LogP contribution in [-0.2, 0) is 4.79 Å². The van der Waals surface area contributed by atoms with Gasteiger partial charge in [0.25, 0.3) is 5.91 Å². The van der Waals surface area contributed by atoms with Crippen LogP contribution in [0.3, 0.4) is 0 Å². The maximum atomic E-state index is 16.0. The number of amides is 1. The molecule has 2 fully saturated rings. The number of carbonyl (C=O) groups is 1. The van der Waals surface area contributed by atoms with Crippen LogP contribution in [0.5, 0.6) is 6.01 Å². The number of nitrogens with zero attached hydrogens (tertiary/aromatic N) is 7. The highest BCUT2D eigenvalue weighted by Crippen LogP contribution is 2.37. The molecule has 2 atom stereocenters. The molecule has 0 radical (unpaired) electrons. The number of aromatic nitrogens is 3. The Balaban J connectivity index is 1.45. The Hall–Kier alpha value is -4.40. The molecule has 6 rings (SSSR count). The van der Waals surface area contributed by atoms with E-state index in [0.717, 1.165) is 24.8 Å². The summed E-state index contributed by atoms with van der Waals surface area (Å²) in [6, 6.07) is 14.0. The minimum atomic E-state index is -1.09. The number of rotatable bonds is 7. The summed E-state index contributed by atoms with van der Waals surface area (Å²) >= 11 is 6.56. The SMILES string of the molecule is C=C(F)C(=O)N1CCN(c2nc(OCC3CCCN3C)nc3nc(-c4cccc5cccc(Cl)c45)c(F)cc23)CC1CC#N. The van der Waals surface area contributed by atoms with Crippen molar-refractivity contribution in [2.45, 2.75) is 31.3 Å². The van der Waals surface area contributed by atoms with Crippen LogP contribution < -0.4 is 9.64 Å². The summed E-state index contributed by atoms with van der Waals surface area (Å²) < 4.78 is 35.9. The zero-order chi connectivity index (χ0) is 31.0. The molecule has 2 aromatic heterocycles. The lowest BCUT2D eigenvalue weighted by atomic mass is 10.0. The minimum absolute atomic E-state index is 0.0332. The van der Waals surface area contributed by atoms with Gasteiger partial charge in [-0.25, -0.2) is 13.8 Å². The van der Waals surface area contributed by atoms with Crippen molar-refractivity contribution in [2.24, 2.45) is 0 Å². The van der Waals surface area contributed by atoms with Crippen LogP contribution >= 0.6 is 11.6 Å². The third kappa shape index (κ3) is 5.63. The molecule has 2 aromatic carbocycles. The second kappa shape index (κ2) is 12.3. The number of benzene rings is 2. The van der Waals surface area contributed by atoms with Gasteiger partial charge < -0.3 is 19.4 Å². The Labute approximate surface area is 258 Å². The molecule has 0 aliphatic carbocycles.